The second kappa shape index (κ2) is 10.8. The Balaban J connectivity index is 1.86. The van der Waals surface area contributed by atoms with Crippen LogP contribution in [0.5, 0.6) is 5.75 Å². The van der Waals surface area contributed by atoms with Gasteiger partial charge in [-0.3, -0.25) is 28.5 Å². The third-order valence-electron chi connectivity index (χ3n) is 7.55. The van der Waals surface area contributed by atoms with Crippen molar-refractivity contribution in [2.75, 3.05) is 20.2 Å². The predicted molar refractivity (Wildman–Crippen MR) is 157 cm³/mol. The van der Waals surface area contributed by atoms with Crippen molar-refractivity contribution in [3.63, 3.8) is 0 Å². The summed E-state index contributed by atoms with van der Waals surface area (Å²) < 4.78 is 23.1. The second-order valence-corrected chi connectivity index (χ2v) is 11.0. The number of pyridine rings is 2. The van der Waals surface area contributed by atoms with Gasteiger partial charge in [0.25, 0.3) is 0 Å². The zero-order valence-corrected chi connectivity index (χ0v) is 24.3. The topological polar surface area (TPSA) is 120 Å². The van der Waals surface area contributed by atoms with E-state index in [4.69, 9.17) is 16.3 Å². The Kier molecular flexibility index (Phi) is 7.50. The number of phenolic OH excluding ortho intramolecular Hbond substituents is 1. The standard InChI is InChI=1S/C30H29ClFN5O5/c1-6-22(39)35-13-30(14-35,42-5)15-36-20-12-18(31)25(23-19(32)8-7-9-21(23)38)34-27(20)37(29(41)28(36)40)26-17(4)10-11-33-24(26)16(2)3/h6-12,16,38H,1,13-15H2,2-5H3. The summed E-state index contributed by atoms with van der Waals surface area (Å²) in [4.78, 5) is 50.6. The maximum atomic E-state index is 15.0. The fourth-order valence-corrected chi connectivity index (χ4v) is 5.58. The van der Waals surface area contributed by atoms with Crippen LogP contribution < -0.4 is 11.1 Å². The molecule has 0 unspecified atom stereocenters. The summed E-state index contributed by atoms with van der Waals surface area (Å²) in [5.41, 5.74) is -1.36. The Morgan fingerprint density at radius 1 is 1.26 bits per heavy atom. The summed E-state index contributed by atoms with van der Waals surface area (Å²) >= 11 is 6.64. The zero-order valence-electron chi connectivity index (χ0n) is 23.5. The van der Waals surface area contributed by atoms with E-state index in [1.165, 1.54) is 45.4 Å². The molecule has 1 aromatic carbocycles. The van der Waals surface area contributed by atoms with E-state index >= 15 is 4.39 Å². The molecule has 10 nitrogen and oxygen atoms in total. The SMILES string of the molecule is C=CC(=O)N1CC(Cn2c(=O)c(=O)n(-c3c(C)ccnc3C(C)C)c3nc(-c4c(O)cccc4F)c(Cl)cc32)(OC)C1. The van der Waals surface area contributed by atoms with Gasteiger partial charge in [-0.25, -0.2) is 9.37 Å². The number of rotatable bonds is 7. The molecule has 0 spiro atoms. The van der Waals surface area contributed by atoms with Crippen LogP contribution in [0.4, 0.5) is 4.39 Å². The van der Waals surface area contributed by atoms with Crippen molar-refractivity contribution < 1.29 is 19.0 Å². The molecule has 0 atom stereocenters. The average molecular weight is 594 g/mol. The first-order chi connectivity index (χ1) is 19.9. The number of amides is 1. The molecular weight excluding hydrogens is 565 g/mol. The van der Waals surface area contributed by atoms with Crippen molar-refractivity contribution in [1.82, 2.24) is 24.0 Å². The van der Waals surface area contributed by atoms with Crippen LogP contribution in [0.2, 0.25) is 5.02 Å². The molecule has 1 aliphatic heterocycles. The van der Waals surface area contributed by atoms with Crippen molar-refractivity contribution in [2.45, 2.75) is 38.8 Å². The number of carbonyl (C=O) groups excluding carboxylic acids is 1. The molecule has 0 saturated carbocycles. The minimum atomic E-state index is -0.976. The molecule has 1 N–H and O–H groups in total. The lowest BCUT2D eigenvalue weighted by molar-refractivity contribution is -0.160. The van der Waals surface area contributed by atoms with E-state index in [0.717, 1.165) is 6.07 Å². The number of halogens is 2. The molecule has 5 rings (SSSR count). The van der Waals surface area contributed by atoms with Crippen molar-refractivity contribution in [2.24, 2.45) is 0 Å². The number of benzene rings is 1. The van der Waals surface area contributed by atoms with E-state index in [9.17, 15) is 19.5 Å². The second-order valence-electron chi connectivity index (χ2n) is 10.6. The Labute approximate surface area is 245 Å². The number of aromatic nitrogens is 4. The fourth-order valence-electron chi connectivity index (χ4n) is 5.34. The van der Waals surface area contributed by atoms with E-state index in [2.05, 4.69) is 16.5 Å². The van der Waals surface area contributed by atoms with Gasteiger partial charge in [-0.2, -0.15) is 0 Å². The number of aryl methyl sites for hydroxylation is 1. The van der Waals surface area contributed by atoms with Crippen LogP contribution in [0.1, 0.15) is 31.0 Å². The number of ether oxygens (including phenoxy) is 1. The van der Waals surface area contributed by atoms with Gasteiger partial charge >= 0.3 is 11.1 Å². The fraction of sp³-hybridized carbons (Fsp3) is 0.300. The van der Waals surface area contributed by atoms with E-state index < -0.39 is 28.3 Å². The molecule has 1 amide bonds. The molecule has 3 aromatic heterocycles. The average Bonchev–Trinajstić information content (AvgIpc) is 2.93. The lowest BCUT2D eigenvalue weighted by Gasteiger charge is -2.48. The normalized spacial score (nSPS) is 14.3. The van der Waals surface area contributed by atoms with Gasteiger partial charge in [0.1, 0.15) is 17.2 Å². The Hall–Kier alpha value is -4.35. The van der Waals surface area contributed by atoms with Gasteiger partial charge in [0.2, 0.25) is 5.91 Å². The number of methoxy groups -OCH3 is 1. The number of aromatic hydroxyl groups is 1. The summed E-state index contributed by atoms with van der Waals surface area (Å²) in [6.45, 7) is 9.32. The minimum Gasteiger partial charge on any atom is -0.507 e. The van der Waals surface area contributed by atoms with Crippen LogP contribution in [-0.2, 0) is 16.1 Å². The van der Waals surface area contributed by atoms with Crippen molar-refractivity contribution >= 4 is 28.7 Å². The zero-order chi connectivity index (χ0) is 30.5. The highest BCUT2D eigenvalue weighted by molar-refractivity contribution is 6.33. The van der Waals surface area contributed by atoms with Crippen molar-refractivity contribution in [1.29, 1.82) is 0 Å². The summed E-state index contributed by atoms with van der Waals surface area (Å²) in [7, 11) is 1.46. The monoisotopic (exact) mass is 593 g/mol. The highest BCUT2D eigenvalue weighted by Crippen LogP contribution is 2.37. The van der Waals surface area contributed by atoms with Crippen LogP contribution >= 0.6 is 11.6 Å². The molecule has 12 heteroatoms. The largest absolute Gasteiger partial charge is 0.507 e. The van der Waals surface area contributed by atoms with Crippen LogP contribution in [-0.4, -0.2) is 60.8 Å². The van der Waals surface area contributed by atoms with Crippen LogP contribution in [0.3, 0.4) is 0 Å². The van der Waals surface area contributed by atoms with Crippen molar-refractivity contribution in [3.05, 3.63) is 92.0 Å². The summed E-state index contributed by atoms with van der Waals surface area (Å²) in [6.07, 6.45) is 2.80. The molecule has 4 aromatic rings. The summed E-state index contributed by atoms with van der Waals surface area (Å²) in [5.74, 6) is -1.59. The van der Waals surface area contributed by atoms with Gasteiger partial charge in [-0.1, -0.05) is 38.1 Å². The van der Waals surface area contributed by atoms with E-state index in [0.29, 0.717) is 16.9 Å². The van der Waals surface area contributed by atoms with Gasteiger partial charge in [-0.15, -0.1) is 0 Å². The Morgan fingerprint density at radius 3 is 2.60 bits per heavy atom. The van der Waals surface area contributed by atoms with Gasteiger partial charge in [0, 0.05) is 13.3 Å². The maximum Gasteiger partial charge on any atom is 0.322 e. The van der Waals surface area contributed by atoms with E-state index in [-0.39, 0.29) is 58.9 Å². The highest BCUT2D eigenvalue weighted by atomic mass is 35.5. The molecule has 0 aliphatic carbocycles. The van der Waals surface area contributed by atoms with Crippen LogP contribution in [0.25, 0.3) is 28.1 Å². The molecule has 4 heterocycles. The van der Waals surface area contributed by atoms with Crippen molar-refractivity contribution in [3.8, 4) is 22.7 Å². The van der Waals surface area contributed by atoms with Crippen LogP contribution in [0.15, 0.2) is 58.8 Å². The molecule has 42 heavy (non-hydrogen) atoms. The number of nitrogens with zero attached hydrogens (tertiary/aromatic N) is 5. The lowest BCUT2D eigenvalue weighted by atomic mass is 9.93. The number of carbonyl (C=O) groups is 1. The lowest BCUT2D eigenvalue weighted by Crippen LogP contribution is -2.66. The first kappa shape index (κ1) is 29.2. The third kappa shape index (κ3) is 4.68. The third-order valence-corrected chi connectivity index (χ3v) is 7.84. The van der Waals surface area contributed by atoms with Gasteiger partial charge in [0.15, 0.2) is 5.65 Å². The first-order valence-electron chi connectivity index (χ1n) is 13.2. The Bertz CT molecular complexity index is 1860. The summed E-state index contributed by atoms with van der Waals surface area (Å²) in [5, 5.41) is 10.5. The molecule has 1 saturated heterocycles. The van der Waals surface area contributed by atoms with E-state index in [1.54, 1.807) is 19.2 Å². The quantitative estimate of drug-likeness (QED) is 0.254. The maximum absolute atomic E-state index is 15.0. The smallest absolute Gasteiger partial charge is 0.322 e. The number of likely N-dealkylation sites (tertiary alicyclic amines) is 1. The van der Waals surface area contributed by atoms with E-state index in [1.807, 2.05) is 13.8 Å². The van der Waals surface area contributed by atoms with Gasteiger partial charge in [0.05, 0.1) is 52.8 Å². The number of fused-ring (bicyclic) bond motifs is 1. The molecular formula is C30H29ClFN5O5. The minimum absolute atomic E-state index is 0.00394. The van der Waals surface area contributed by atoms with Crippen LogP contribution in [0, 0.1) is 12.7 Å². The van der Waals surface area contributed by atoms with Gasteiger partial charge in [-0.05, 0) is 48.7 Å². The first-order valence-corrected chi connectivity index (χ1v) is 13.6. The number of hydrogen-bond acceptors (Lipinski definition) is 7. The number of hydrogen-bond donors (Lipinski definition) is 1. The predicted octanol–water partition coefficient (Wildman–Crippen LogP) is 3.95. The molecule has 218 valence electrons. The molecule has 0 bridgehead atoms. The highest BCUT2D eigenvalue weighted by Gasteiger charge is 2.46. The summed E-state index contributed by atoms with van der Waals surface area (Å²) in [6, 6.07) is 6.92. The van der Waals surface area contributed by atoms with Gasteiger partial charge < -0.3 is 14.7 Å². The Morgan fingerprint density at radius 2 is 1.98 bits per heavy atom. The molecule has 1 fully saturated rings. The molecule has 1 aliphatic rings. The molecule has 0 radical (unpaired) electrons. The number of phenols is 1.